The summed E-state index contributed by atoms with van der Waals surface area (Å²) in [6, 6.07) is 7.36. The molecular formula is C20H32N2O3S2. The molecule has 0 aromatic heterocycles. The third kappa shape index (κ3) is 7.30. The molecule has 27 heavy (non-hydrogen) atoms. The lowest BCUT2D eigenvalue weighted by Crippen LogP contribution is -2.48. The predicted molar refractivity (Wildman–Crippen MR) is 118 cm³/mol. The molecule has 0 saturated heterocycles. The molecule has 0 aliphatic rings. The molecule has 1 amide bonds. The molecule has 0 unspecified atom stereocenters. The summed E-state index contributed by atoms with van der Waals surface area (Å²) in [5, 5.41) is 12.0. The maximum atomic E-state index is 12.2. The van der Waals surface area contributed by atoms with Crippen molar-refractivity contribution in [1.29, 1.82) is 0 Å². The van der Waals surface area contributed by atoms with E-state index in [1.54, 1.807) is 13.8 Å². The molecule has 1 atom stereocenters. The maximum absolute atomic E-state index is 12.2. The van der Waals surface area contributed by atoms with Crippen LogP contribution in [0, 0.1) is 5.41 Å². The van der Waals surface area contributed by atoms with E-state index in [1.807, 2.05) is 0 Å². The Labute approximate surface area is 172 Å². The fraction of sp³-hybridized carbons (Fsp3) is 0.600. The topological polar surface area (TPSA) is 69.6 Å². The summed E-state index contributed by atoms with van der Waals surface area (Å²) in [6.45, 7) is 9.97. The van der Waals surface area contributed by atoms with Crippen molar-refractivity contribution in [2.75, 3.05) is 23.5 Å². The number of aliphatic carboxylic acids is 1. The zero-order valence-electron chi connectivity index (χ0n) is 17.1. The standard InChI is InChI=1S/C20H32N2O3S2/c1-19(2,3)22(6)15-9-7-14(8-10-15)11-27-12-16(17(23)24)21-18(25)20(4,5)13-26/h7-10,16,26H,11-13H2,1-6H3,(H,21,25)(H,23,24)/t16-/m0/s1. The van der Waals surface area contributed by atoms with Gasteiger partial charge in [-0.2, -0.15) is 24.4 Å². The van der Waals surface area contributed by atoms with E-state index in [-0.39, 0.29) is 11.4 Å². The molecule has 152 valence electrons. The van der Waals surface area contributed by atoms with Crippen molar-refractivity contribution in [2.24, 2.45) is 5.41 Å². The zero-order chi connectivity index (χ0) is 20.8. The van der Waals surface area contributed by atoms with Gasteiger partial charge in [0, 0.05) is 35.5 Å². The Hall–Kier alpha value is -1.34. The molecule has 0 bridgehead atoms. The molecule has 0 aliphatic heterocycles. The summed E-state index contributed by atoms with van der Waals surface area (Å²) in [4.78, 5) is 25.9. The first kappa shape index (κ1) is 23.7. The number of thioether (sulfide) groups is 1. The van der Waals surface area contributed by atoms with Gasteiger partial charge in [0.1, 0.15) is 6.04 Å². The van der Waals surface area contributed by atoms with E-state index in [0.29, 0.717) is 17.3 Å². The second-order valence-electron chi connectivity index (χ2n) is 8.32. The van der Waals surface area contributed by atoms with Crippen molar-refractivity contribution in [3.05, 3.63) is 29.8 Å². The molecule has 5 nitrogen and oxygen atoms in total. The highest BCUT2D eigenvalue weighted by molar-refractivity contribution is 7.98. The number of amides is 1. The molecule has 0 spiro atoms. The number of thiol groups is 1. The van der Waals surface area contributed by atoms with Gasteiger partial charge in [-0.3, -0.25) is 4.79 Å². The Morgan fingerprint density at radius 2 is 1.74 bits per heavy atom. The van der Waals surface area contributed by atoms with Gasteiger partial charge in [-0.05, 0) is 38.5 Å². The van der Waals surface area contributed by atoms with Gasteiger partial charge in [0.25, 0.3) is 0 Å². The van der Waals surface area contributed by atoms with Gasteiger partial charge in [0.15, 0.2) is 0 Å². The fourth-order valence-electron chi connectivity index (χ4n) is 2.10. The summed E-state index contributed by atoms with van der Waals surface area (Å²) in [5.41, 5.74) is 1.61. The van der Waals surface area contributed by atoms with E-state index >= 15 is 0 Å². The van der Waals surface area contributed by atoms with E-state index < -0.39 is 17.4 Å². The molecule has 0 saturated carbocycles. The number of nitrogens with zero attached hydrogens (tertiary/aromatic N) is 1. The van der Waals surface area contributed by atoms with Crippen molar-refractivity contribution < 1.29 is 14.7 Å². The molecule has 1 aromatic rings. The smallest absolute Gasteiger partial charge is 0.327 e. The van der Waals surface area contributed by atoms with Gasteiger partial charge in [-0.25, -0.2) is 4.79 Å². The second kappa shape index (κ2) is 9.73. The minimum Gasteiger partial charge on any atom is -0.480 e. The molecule has 0 fully saturated rings. The van der Waals surface area contributed by atoms with Crippen LogP contribution in [0.15, 0.2) is 24.3 Å². The number of anilines is 1. The Kier molecular flexibility index (Phi) is 8.54. The van der Waals surface area contributed by atoms with Crippen LogP contribution in [-0.2, 0) is 15.3 Å². The van der Waals surface area contributed by atoms with Gasteiger partial charge in [0.2, 0.25) is 5.91 Å². The van der Waals surface area contributed by atoms with Gasteiger partial charge in [0.05, 0.1) is 5.41 Å². The van der Waals surface area contributed by atoms with Crippen LogP contribution < -0.4 is 10.2 Å². The molecule has 2 N–H and O–H groups in total. The minimum atomic E-state index is -1.02. The average Bonchev–Trinajstić information content (AvgIpc) is 2.59. The lowest BCUT2D eigenvalue weighted by Gasteiger charge is -2.34. The summed E-state index contributed by atoms with van der Waals surface area (Å²) in [6.07, 6.45) is 0. The van der Waals surface area contributed by atoms with Gasteiger partial charge in [-0.15, -0.1) is 0 Å². The normalized spacial score (nSPS) is 13.1. The number of carbonyl (C=O) groups excluding carboxylic acids is 1. The van der Waals surface area contributed by atoms with Crippen LogP contribution >= 0.6 is 24.4 Å². The molecule has 0 aliphatic carbocycles. The number of benzene rings is 1. The Morgan fingerprint density at radius 1 is 1.19 bits per heavy atom. The van der Waals surface area contributed by atoms with Crippen molar-refractivity contribution >= 4 is 42.0 Å². The predicted octanol–water partition coefficient (Wildman–Crippen LogP) is 3.68. The first-order chi connectivity index (χ1) is 12.4. The van der Waals surface area contributed by atoms with Gasteiger partial charge >= 0.3 is 5.97 Å². The highest BCUT2D eigenvalue weighted by atomic mass is 32.2. The molecule has 1 aromatic carbocycles. The third-order valence-electron chi connectivity index (χ3n) is 4.50. The highest BCUT2D eigenvalue weighted by Gasteiger charge is 2.30. The average molecular weight is 413 g/mol. The van der Waals surface area contributed by atoms with Crippen LogP contribution in [0.4, 0.5) is 5.69 Å². The lowest BCUT2D eigenvalue weighted by molar-refractivity contribution is -0.142. The van der Waals surface area contributed by atoms with Crippen LogP contribution in [0.1, 0.15) is 40.2 Å². The number of carboxylic acid groups (broad SMARTS) is 1. The van der Waals surface area contributed by atoms with Crippen LogP contribution in [0.25, 0.3) is 0 Å². The number of carboxylic acids is 1. The lowest BCUT2D eigenvalue weighted by atomic mass is 9.95. The Balaban J connectivity index is 2.61. The van der Waals surface area contributed by atoms with E-state index in [1.165, 1.54) is 11.8 Å². The third-order valence-corrected chi connectivity index (χ3v) is 6.39. The number of hydrogen-bond donors (Lipinski definition) is 3. The van der Waals surface area contributed by atoms with Crippen molar-refractivity contribution in [3.63, 3.8) is 0 Å². The monoisotopic (exact) mass is 412 g/mol. The highest BCUT2D eigenvalue weighted by Crippen LogP contribution is 2.24. The van der Waals surface area contributed by atoms with E-state index in [9.17, 15) is 14.7 Å². The summed E-state index contributed by atoms with van der Waals surface area (Å²) in [7, 11) is 2.07. The quantitative estimate of drug-likeness (QED) is 0.540. The fourth-order valence-corrected chi connectivity index (χ4v) is 3.25. The van der Waals surface area contributed by atoms with E-state index in [0.717, 1.165) is 11.3 Å². The van der Waals surface area contributed by atoms with Gasteiger partial charge < -0.3 is 15.3 Å². The number of carbonyl (C=O) groups is 2. The molecule has 7 heteroatoms. The van der Waals surface area contributed by atoms with E-state index in [4.69, 9.17) is 0 Å². The van der Waals surface area contributed by atoms with Crippen LogP contribution in [0.3, 0.4) is 0 Å². The molecule has 1 rings (SSSR count). The van der Waals surface area contributed by atoms with Crippen LogP contribution in [-0.4, -0.2) is 47.1 Å². The van der Waals surface area contributed by atoms with Crippen LogP contribution in [0.5, 0.6) is 0 Å². The van der Waals surface area contributed by atoms with Gasteiger partial charge in [-0.1, -0.05) is 26.0 Å². The maximum Gasteiger partial charge on any atom is 0.327 e. The van der Waals surface area contributed by atoms with E-state index in [2.05, 4.69) is 74.9 Å². The van der Waals surface area contributed by atoms with Crippen molar-refractivity contribution in [2.45, 2.75) is 52.0 Å². The number of hydrogen-bond acceptors (Lipinski definition) is 5. The summed E-state index contributed by atoms with van der Waals surface area (Å²) >= 11 is 5.65. The second-order valence-corrected chi connectivity index (χ2v) is 9.66. The molecular weight excluding hydrogens is 380 g/mol. The summed E-state index contributed by atoms with van der Waals surface area (Å²) in [5.74, 6) is 0.0453. The molecule has 0 heterocycles. The summed E-state index contributed by atoms with van der Waals surface area (Å²) < 4.78 is 0. The first-order valence-corrected chi connectivity index (χ1v) is 10.7. The number of nitrogens with one attached hydrogen (secondary N) is 1. The Bertz CT molecular complexity index is 640. The molecule has 0 radical (unpaired) electrons. The first-order valence-electron chi connectivity index (χ1n) is 8.93. The van der Waals surface area contributed by atoms with Crippen LogP contribution in [0.2, 0.25) is 0 Å². The van der Waals surface area contributed by atoms with Crippen molar-refractivity contribution in [3.8, 4) is 0 Å². The SMILES string of the molecule is CN(c1ccc(CSC[C@H](NC(=O)C(C)(C)CS)C(=O)O)cc1)C(C)(C)C. The number of rotatable bonds is 9. The van der Waals surface area contributed by atoms with Crippen molar-refractivity contribution in [1.82, 2.24) is 5.32 Å². The zero-order valence-corrected chi connectivity index (χ0v) is 18.8. The minimum absolute atomic E-state index is 0.0456. The largest absolute Gasteiger partial charge is 0.480 e. The Morgan fingerprint density at radius 3 is 2.19 bits per heavy atom.